The predicted molar refractivity (Wildman–Crippen MR) is 80.6 cm³/mol. The first-order valence-electron chi connectivity index (χ1n) is 7.17. The van der Waals surface area contributed by atoms with Crippen molar-refractivity contribution in [3.8, 4) is 0 Å². The minimum Gasteiger partial charge on any atom is -0.478 e. The Bertz CT molecular complexity index is 691. The van der Waals surface area contributed by atoms with E-state index in [9.17, 15) is 4.79 Å². The number of carbonyl (C=O) groups is 1. The van der Waals surface area contributed by atoms with E-state index in [1.165, 1.54) is 11.3 Å². The Morgan fingerprint density at radius 1 is 1.48 bits per heavy atom. The van der Waals surface area contributed by atoms with Crippen molar-refractivity contribution in [1.29, 1.82) is 0 Å². The van der Waals surface area contributed by atoms with Gasteiger partial charge in [-0.1, -0.05) is 6.07 Å². The number of aryl methyl sites for hydroxylation is 2. The van der Waals surface area contributed by atoms with E-state index in [4.69, 9.17) is 5.11 Å². The molecule has 1 heterocycles. The van der Waals surface area contributed by atoms with Gasteiger partial charge in [0.05, 0.1) is 17.8 Å². The van der Waals surface area contributed by atoms with E-state index < -0.39 is 5.97 Å². The molecule has 2 N–H and O–H groups in total. The number of rotatable bonds is 3. The van der Waals surface area contributed by atoms with Gasteiger partial charge in [-0.15, -0.1) is 0 Å². The standard InChI is InChI=1S/C16H19N3O2/c1-10-6-7-11(16(20)21)8-14(10)18-13-4-3-5-15-12(13)9-17-19(15)2/h6-9,13,18H,3-5H2,1-2H3,(H,20,21). The van der Waals surface area contributed by atoms with Gasteiger partial charge < -0.3 is 10.4 Å². The van der Waals surface area contributed by atoms with Crippen LogP contribution in [-0.2, 0) is 13.5 Å². The van der Waals surface area contributed by atoms with Gasteiger partial charge in [-0.2, -0.15) is 5.10 Å². The zero-order chi connectivity index (χ0) is 15.0. The van der Waals surface area contributed by atoms with Crippen LogP contribution in [0.1, 0.15) is 46.1 Å². The topological polar surface area (TPSA) is 67.2 Å². The lowest BCUT2D eigenvalue weighted by molar-refractivity contribution is 0.0697. The predicted octanol–water partition coefficient (Wildman–Crippen LogP) is 2.92. The number of anilines is 1. The molecule has 0 radical (unpaired) electrons. The Hall–Kier alpha value is -2.30. The summed E-state index contributed by atoms with van der Waals surface area (Å²) < 4.78 is 1.93. The number of carboxylic acid groups (broad SMARTS) is 1. The summed E-state index contributed by atoms with van der Waals surface area (Å²) in [7, 11) is 1.97. The molecule has 0 bridgehead atoms. The molecular weight excluding hydrogens is 266 g/mol. The van der Waals surface area contributed by atoms with E-state index >= 15 is 0 Å². The summed E-state index contributed by atoms with van der Waals surface area (Å²) in [5.74, 6) is -0.899. The molecule has 1 aliphatic rings. The lowest BCUT2D eigenvalue weighted by Gasteiger charge is -2.25. The number of carboxylic acids is 1. The van der Waals surface area contributed by atoms with Crippen molar-refractivity contribution in [3.63, 3.8) is 0 Å². The molecule has 1 unspecified atom stereocenters. The Morgan fingerprint density at radius 2 is 2.29 bits per heavy atom. The highest BCUT2D eigenvalue weighted by molar-refractivity contribution is 5.89. The maximum absolute atomic E-state index is 11.1. The van der Waals surface area contributed by atoms with Crippen molar-refractivity contribution in [2.45, 2.75) is 32.2 Å². The number of aromatic carboxylic acids is 1. The number of benzene rings is 1. The third kappa shape index (κ3) is 2.51. The molecule has 110 valence electrons. The Morgan fingerprint density at radius 3 is 3.05 bits per heavy atom. The number of aromatic nitrogens is 2. The molecule has 5 nitrogen and oxygen atoms in total. The van der Waals surface area contributed by atoms with Crippen LogP contribution in [0.3, 0.4) is 0 Å². The van der Waals surface area contributed by atoms with Crippen molar-refractivity contribution in [2.24, 2.45) is 7.05 Å². The second-order valence-corrected chi connectivity index (χ2v) is 5.59. The van der Waals surface area contributed by atoms with E-state index in [0.29, 0.717) is 5.56 Å². The first-order valence-corrected chi connectivity index (χ1v) is 7.17. The van der Waals surface area contributed by atoms with E-state index in [2.05, 4.69) is 10.4 Å². The fourth-order valence-electron chi connectivity index (χ4n) is 2.95. The van der Waals surface area contributed by atoms with Crippen LogP contribution in [0.5, 0.6) is 0 Å². The van der Waals surface area contributed by atoms with Gasteiger partial charge in [0, 0.05) is 24.0 Å². The zero-order valence-electron chi connectivity index (χ0n) is 12.3. The molecule has 1 atom stereocenters. The highest BCUT2D eigenvalue weighted by Gasteiger charge is 2.23. The average molecular weight is 285 g/mol. The Labute approximate surface area is 123 Å². The van der Waals surface area contributed by atoms with Gasteiger partial charge in [-0.05, 0) is 43.9 Å². The second-order valence-electron chi connectivity index (χ2n) is 5.59. The highest BCUT2D eigenvalue weighted by Crippen LogP contribution is 2.33. The molecule has 3 rings (SSSR count). The number of nitrogens with zero attached hydrogens (tertiary/aromatic N) is 2. The molecule has 0 saturated heterocycles. The Kier molecular flexibility index (Phi) is 3.41. The third-order valence-electron chi connectivity index (χ3n) is 4.19. The highest BCUT2D eigenvalue weighted by atomic mass is 16.4. The number of hydrogen-bond donors (Lipinski definition) is 2. The molecular formula is C16H19N3O2. The Balaban J connectivity index is 1.91. The van der Waals surface area contributed by atoms with Gasteiger partial charge in [0.2, 0.25) is 0 Å². The molecule has 5 heteroatoms. The minimum atomic E-state index is -0.899. The molecule has 0 spiro atoms. The minimum absolute atomic E-state index is 0.199. The fraction of sp³-hybridized carbons (Fsp3) is 0.375. The number of nitrogens with one attached hydrogen (secondary N) is 1. The van der Waals surface area contributed by atoms with Gasteiger partial charge in [-0.3, -0.25) is 4.68 Å². The summed E-state index contributed by atoms with van der Waals surface area (Å²) in [4.78, 5) is 11.1. The summed E-state index contributed by atoms with van der Waals surface area (Å²) in [5, 5.41) is 17.0. The normalized spacial score (nSPS) is 17.3. The maximum Gasteiger partial charge on any atom is 0.335 e. The SMILES string of the molecule is Cc1ccc(C(=O)O)cc1NC1CCCc2c1cnn2C. The van der Waals surface area contributed by atoms with Crippen LogP contribution >= 0.6 is 0 Å². The van der Waals surface area contributed by atoms with Crippen molar-refractivity contribution >= 4 is 11.7 Å². The molecule has 2 aromatic rings. The van der Waals surface area contributed by atoms with Crippen LogP contribution in [0.4, 0.5) is 5.69 Å². The van der Waals surface area contributed by atoms with Gasteiger partial charge in [-0.25, -0.2) is 4.79 Å². The summed E-state index contributed by atoms with van der Waals surface area (Å²) in [6.45, 7) is 1.99. The molecule has 1 aromatic carbocycles. The first-order chi connectivity index (χ1) is 10.1. The summed E-state index contributed by atoms with van der Waals surface area (Å²) in [5.41, 5.74) is 4.74. The molecule has 0 amide bonds. The second kappa shape index (κ2) is 5.24. The maximum atomic E-state index is 11.1. The van der Waals surface area contributed by atoms with Gasteiger partial charge in [0.1, 0.15) is 0 Å². The van der Waals surface area contributed by atoms with Crippen molar-refractivity contribution in [3.05, 3.63) is 46.8 Å². The summed E-state index contributed by atoms with van der Waals surface area (Å²) >= 11 is 0. The van der Waals surface area contributed by atoms with Crippen molar-refractivity contribution in [1.82, 2.24) is 9.78 Å². The quantitative estimate of drug-likeness (QED) is 0.910. The fourth-order valence-corrected chi connectivity index (χ4v) is 2.95. The molecule has 1 aliphatic carbocycles. The molecule has 0 aliphatic heterocycles. The number of hydrogen-bond acceptors (Lipinski definition) is 3. The van der Waals surface area contributed by atoms with E-state index in [-0.39, 0.29) is 6.04 Å². The van der Waals surface area contributed by atoms with Gasteiger partial charge in [0.25, 0.3) is 0 Å². The van der Waals surface area contributed by atoms with E-state index in [0.717, 1.165) is 30.5 Å². The number of fused-ring (bicyclic) bond motifs is 1. The average Bonchev–Trinajstić information content (AvgIpc) is 2.84. The van der Waals surface area contributed by atoms with Crippen LogP contribution in [0, 0.1) is 6.92 Å². The monoisotopic (exact) mass is 285 g/mol. The van der Waals surface area contributed by atoms with Gasteiger partial charge in [0.15, 0.2) is 0 Å². The smallest absolute Gasteiger partial charge is 0.335 e. The molecule has 0 saturated carbocycles. The van der Waals surface area contributed by atoms with E-state index in [1.54, 1.807) is 12.1 Å². The van der Waals surface area contributed by atoms with Crippen LogP contribution < -0.4 is 5.32 Å². The summed E-state index contributed by atoms with van der Waals surface area (Å²) in [6.07, 6.45) is 5.12. The lowest BCUT2D eigenvalue weighted by Crippen LogP contribution is -2.18. The largest absolute Gasteiger partial charge is 0.478 e. The molecule has 0 fully saturated rings. The summed E-state index contributed by atoms with van der Waals surface area (Å²) in [6, 6.07) is 5.39. The van der Waals surface area contributed by atoms with Crippen LogP contribution in [0.15, 0.2) is 24.4 Å². The lowest BCUT2D eigenvalue weighted by atomic mass is 9.92. The van der Waals surface area contributed by atoms with Crippen LogP contribution in [0.25, 0.3) is 0 Å². The molecule has 1 aromatic heterocycles. The van der Waals surface area contributed by atoms with Crippen molar-refractivity contribution in [2.75, 3.05) is 5.32 Å². The van der Waals surface area contributed by atoms with Gasteiger partial charge >= 0.3 is 5.97 Å². The van der Waals surface area contributed by atoms with Crippen molar-refractivity contribution < 1.29 is 9.90 Å². The van der Waals surface area contributed by atoms with Crippen LogP contribution in [-0.4, -0.2) is 20.9 Å². The third-order valence-corrected chi connectivity index (χ3v) is 4.19. The first kappa shape index (κ1) is 13.7. The zero-order valence-corrected chi connectivity index (χ0v) is 12.3. The molecule has 21 heavy (non-hydrogen) atoms. The van der Waals surface area contributed by atoms with E-state index in [1.807, 2.05) is 30.9 Å². The van der Waals surface area contributed by atoms with Crippen LogP contribution in [0.2, 0.25) is 0 Å².